The number of nitriles is 1. The Balaban J connectivity index is 2.86. The highest BCUT2D eigenvalue weighted by atomic mass is 14.7. The van der Waals surface area contributed by atoms with Gasteiger partial charge in [-0.25, -0.2) is 0 Å². The molecule has 12 heavy (non-hydrogen) atoms. The van der Waals surface area contributed by atoms with Gasteiger partial charge in [0.1, 0.15) is 6.07 Å². The molecule has 1 rings (SSSR count). The van der Waals surface area contributed by atoms with E-state index in [4.69, 9.17) is 5.26 Å². The van der Waals surface area contributed by atoms with Crippen LogP contribution in [0.15, 0.2) is 18.3 Å². The third-order valence-corrected chi connectivity index (χ3v) is 2.03. The van der Waals surface area contributed by atoms with Crippen molar-refractivity contribution >= 4 is 0 Å². The van der Waals surface area contributed by atoms with E-state index in [1.165, 1.54) is 0 Å². The highest BCUT2D eigenvalue weighted by molar-refractivity contribution is 5.27. The van der Waals surface area contributed by atoms with Crippen molar-refractivity contribution in [1.29, 1.82) is 5.26 Å². The molecule has 1 aromatic rings. The van der Waals surface area contributed by atoms with Crippen LogP contribution in [-0.4, -0.2) is 4.98 Å². The van der Waals surface area contributed by atoms with E-state index < -0.39 is 0 Å². The number of rotatable bonds is 2. The summed E-state index contributed by atoms with van der Waals surface area (Å²) in [6, 6.07) is 5.79. The molecule has 0 fully saturated rings. The molecule has 0 aliphatic carbocycles. The molecule has 0 aliphatic rings. The van der Waals surface area contributed by atoms with Crippen molar-refractivity contribution in [2.24, 2.45) is 0 Å². The second kappa shape index (κ2) is 3.87. The summed E-state index contributed by atoms with van der Waals surface area (Å²) in [6.45, 7) is 4.26. The molecule has 62 valence electrons. The normalized spacial score (nSPS) is 12.1. The lowest BCUT2D eigenvalue weighted by Gasteiger charge is -2.06. The molecular weight excluding hydrogens is 148 g/mol. The zero-order valence-corrected chi connectivity index (χ0v) is 7.41. The minimum Gasteiger partial charge on any atom is -0.260 e. The van der Waals surface area contributed by atoms with Crippen LogP contribution in [0.5, 0.6) is 0 Å². The SMILES string of the molecule is CCC(C)c1ccc(C#N)cn1. The van der Waals surface area contributed by atoms with E-state index in [0.29, 0.717) is 11.5 Å². The first-order valence-corrected chi connectivity index (χ1v) is 4.14. The zero-order chi connectivity index (χ0) is 8.97. The molecule has 0 aliphatic heterocycles. The van der Waals surface area contributed by atoms with E-state index in [0.717, 1.165) is 12.1 Å². The number of pyridine rings is 1. The third-order valence-electron chi connectivity index (χ3n) is 2.03. The summed E-state index contributed by atoms with van der Waals surface area (Å²) in [5, 5.41) is 8.53. The predicted molar refractivity (Wildman–Crippen MR) is 47.7 cm³/mol. The molecule has 0 N–H and O–H groups in total. The Labute approximate surface area is 72.9 Å². The van der Waals surface area contributed by atoms with Crippen LogP contribution in [0, 0.1) is 11.3 Å². The van der Waals surface area contributed by atoms with E-state index in [9.17, 15) is 0 Å². The van der Waals surface area contributed by atoms with Crippen LogP contribution >= 0.6 is 0 Å². The largest absolute Gasteiger partial charge is 0.260 e. The molecule has 0 aromatic carbocycles. The summed E-state index contributed by atoms with van der Waals surface area (Å²) in [5.74, 6) is 0.484. The minimum atomic E-state index is 0.484. The van der Waals surface area contributed by atoms with Crippen LogP contribution in [0.4, 0.5) is 0 Å². The maximum absolute atomic E-state index is 8.53. The van der Waals surface area contributed by atoms with Crippen molar-refractivity contribution in [3.8, 4) is 6.07 Å². The second-order valence-corrected chi connectivity index (χ2v) is 2.89. The fourth-order valence-electron chi connectivity index (χ4n) is 0.972. The van der Waals surface area contributed by atoms with E-state index in [1.807, 2.05) is 18.2 Å². The van der Waals surface area contributed by atoms with Gasteiger partial charge in [-0.1, -0.05) is 13.8 Å². The van der Waals surface area contributed by atoms with E-state index in [1.54, 1.807) is 6.20 Å². The molecule has 1 aromatic heterocycles. The summed E-state index contributed by atoms with van der Waals surface area (Å²) in [5.41, 5.74) is 1.69. The lowest BCUT2D eigenvalue weighted by Crippen LogP contribution is -1.94. The topological polar surface area (TPSA) is 36.7 Å². The first kappa shape index (κ1) is 8.73. The van der Waals surface area contributed by atoms with Gasteiger partial charge >= 0.3 is 0 Å². The monoisotopic (exact) mass is 160 g/mol. The van der Waals surface area contributed by atoms with Crippen LogP contribution in [0.3, 0.4) is 0 Å². The quantitative estimate of drug-likeness (QED) is 0.666. The maximum Gasteiger partial charge on any atom is 0.101 e. The average molecular weight is 160 g/mol. The summed E-state index contributed by atoms with van der Waals surface area (Å²) in [6.07, 6.45) is 2.71. The van der Waals surface area contributed by atoms with Gasteiger partial charge in [-0.2, -0.15) is 5.26 Å². The fourth-order valence-corrected chi connectivity index (χ4v) is 0.972. The van der Waals surface area contributed by atoms with Gasteiger partial charge in [0.2, 0.25) is 0 Å². The Morgan fingerprint density at radius 1 is 1.58 bits per heavy atom. The Morgan fingerprint density at radius 2 is 2.33 bits per heavy atom. The molecule has 0 amide bonds. The Kier molecular flexibility index (Phi) is 2.82. The first-order valence-electron chi connectivity index (χ1n) is 4.14. The van der Waals surface area contributed by atoms with Gasteiger partial charge in [0.05, 0.1) is 5.56 Å². The van der Waals surface area contributed by atoms with Gasteiger partial charge < -0.3 is 0 Å². The van der Waals surface area contributed by atoms with Crippen molar-refractivity contribution in [2.45, 2.75) is 26.2 Å². The average Bonchev–Trinajstić information content (AvgIpc) is 2.17. The Hall–Kier alpha value is -1.36. The van der Waals surface area contributed by atoms with Crippen molar-refractivity contribution in [2.75, 3.05) is 0 Å². The van der Waals surface area contributed by atoms with E-state index in [-0.39, 0.29) is 0 Å². The van der Waals surface area contributed by atoms with Crippen LogP contribution < -0.4 is 0 Å². The number of nitrogens with zero attached hydrogens (tertiary/aromatic N) is 2. The molecule has 2 heteroatoms. The number of aromatic nitrogens is 1. The summed E-state index contributed by atoms with van der Waals surface area (Å²) < 4.78 is 0. The van der Waals surface area contributed by atoms with E-state index in [2.05, 4.69) is 18.8 Å². The molecule has 0 radical (unpaired) electrons. The lowest BCUT2D eigenvalue weighted by atomic mass is 10.0. The Bertz CT molecular complexity index is 282. The van der Waals surface area contributed by atoms with Crippen LogP contribution in [-0.2, 0) is 0 Å². The third kappa shape index (κ3) is 1.82. The van der Waals surface area contributed by atoms with Gasteiger partial charge in [-0.3, -0.25) is 4.98 Å². The van der Waals surface area contributed by atoms with Gasteiger partial charge in [0.15, 0.2) is 0 Å². The van der Waals surface area contributed by atoms with Crippen molar-refractivity contribution in [3.63, 3.8) is 0 Å². The van der Waals surface area contributed by atoms with Crippen molar-refractivity contribution < 1.29 is 0 Å². The minimum absolute atomic E-state index is 0.484. The molecule has 0 spiro atoms. The van der Waals surface area contributed by atoms with Gasteiger partial charge in [-0.05, 0) is 24.5 Å². The lowest BCUT2D eigenvalue weighted by molar-refractivity contribution is 0.708. The molecule has 2 nitrogen and oxygen atoms in total. The summed E-state index contributed by atoms with van der Waals surface area (Å²) in [4.78, 5) is 4.20. The second-order valence-electron chi connectivity index (χ2n) is 2.89. The first-order chi connectivity index (χ1) is 5.77. The zero-order valence-electron chi connectivity index (χ0n) is 7.41. The number of hydrogen-bond acceptors (Lipinski definition) is 2. The summed E-state index contributed by atoms with van der Waals surface area (Å²) >= 11 is 0. The summed E-state index contributed by atoms with van der Waals surface area (Å²) in [7, 11) is 0. The molecule has 1 atom stereocenters. The van der Waals surface area contributed by atoms with Crippen LogP contribution in [0.25, 0.3) is 0 Å². The van der Waals surface area contributed by atoms with Crippen molar-refractivity contribution in [3.05, 3.63) is 29.6 Å². The molecule has 0 bridgehead atoms. The molecule has 0 saturated heterocycles. The molecular formula is C10H12N2. The Morgan fingerprint density at radius 3 is 2.75 bits per heavy atom. The van der Waals surface area contributed by atoms with Crippen LogP contribution in [0.2, 0.25) is 0 Å². The number of hydrogen-bond donors (Lipinski definition) is 0. The van der Waals surface area contributed by atoms with Crippen LogP contribution in [0.1, 0.15) is 37.4 Å². The smallest absolute Gasteiger partial charge is 0.101 e. The molecule has 1 unspecified atom stereocenters. The van der Waals surface area contributed by atoms with Gasteiger partial charge in [0.25, 0.3) is 0 Å². The maximum atomic E-state index is 8.53. The van der Waals surface area contributed by atoms with Gasteiger partial charge in [-0.15, -0.1) is 0 Å². The predicted octanol–water partition coefficient (Wildman–Crippen LogP) is 2.47. The van der Waals surface area contributed by atoms with Crippen molar-refractivity contribution in [1.82, 2.24) is 4.98 Å². The molecule has 1 heterocycles. The fraction of sp³-hybridized carbons (Fsp3) is 0.400. The highest BCUT2D eigenvalue weighted by Crippen LogP contribution is 2.15. The molecule has 0 saturated carbocycles. The standard InChI is InChI=1S/C10H12N2/c1-3-8(2)10-5-4-9(6-11)7-12-10/h4-5,7-8H,3H2,1-2H3. The highest BCUT2D eigenvalue weighted by Gasteiger charge is 2.02. The van der Waals surface area contributed by atoms with E-state index >= 15 is 0 Å². The van der Waals surface area contributed by atoms with Gasteiger partial charge in [0, 0.05) is 11.9 Å².